The fraction of sp³-hybridized carbons (Fsp3) is 0.700. The highest BCUT2D eigenvalue weighted by molar-refractivity contribution is 6.03. The predicted octanol–water partition coefficient (Wildman–Crippen LogP) is 3.71. The molecule has 1 aromatic heterocycles. The number of H-pyrrole nitrogens is 1. The highest BCUT2D eigenvalue weighted by Crippen LogP contribution is 2.30. The van der Waals surface area contributed by atoms with Crippen LogP contribution in [0.1, 0.15) is 97.3 Å². The van der Waals surface area contributed by atoms with E-state index in [1.807, 2.05) is 20.8 Å². The summed E-state index contributed by atoms with van der Waals surface area (Å²) in [7, 11) is 0. The van der Waals surface area contributed by atoms with Crippen molar-refractivity contribution in [3.05, 3.63) is 22.5 Å². The first-order valence-corrected chi connectivity index (χ1v) is 9.51. The number of hydrogen-bond acceptors (Lipinski definition) is 3. The molecule has 0 saturated heterocycles. The van der Waals surface area contributed by atoms with E-state index in [1.165, 1.54) is 19.3 Å². The normalized spacial score (nSPS) is 16.9. The summed E-state index contributed by atoms with van der Waals surface area (Å²) in [5.41, 5.74) is 2.68. The van der Waals surface area contributed by atoms with Crippen molar-refractivity contribution in [2.45, 2.75) is 78.2 Å². The van der Waals surface area contributed by atoms with Gasteiger partial charge in [0, 0.05) is 23.9 Å². The molecule has 0 aromatic carbocycles. The zero-order valence-corrected chi connectivity index (χ0v) is 15.9. The summed E-state index contributed by atoms with van der Waals surface area (Å²) >= 11 is 0. The summed E-state index contributed by atoms with van der Waals surface area (Å²) in [6.07, 6.45) is 6.42. The Labute approximate surface area is 150 Å². The standard InChI is InChI=1S/C20H32N2O3/c1-12(2)17-18(14(4)24)13(3)21-19(17)20(25)22-16(10-11-23)15-8-6-5-7-9-15/h12,15-16,21,23H,5-11H2,1-4H3,(H,22,25). The lowest BCUT2D eigenvalue weighted by molar-refractivity contribution is 0.0893. The molecule has 1 saturated carbocycles. The molecule has 2 rings (SSSR count). The Balaban J connectivity index is 2.26. The number of carbonyl (C=O) groups excluding carboxylic acids is 2. The van der Waals surface area contributed by atoms with Crippen molar-refractivity contribution in [2.24, 2.45) is 5.92 Å². The Kier molecular flexibility index (Phi) is 6.82. The number of carbonyl (C=O) groups is 2. The van der Waals surface area contributed by atoms with Gasteiger partial charge in [0.2, 0.25) is 0 Å². The van der Waals surface area contributed by atoms with E-state index in [4.69, 9.17) is 0 Å². The van der Waals surface area contributed by atoms with Gasteiger partial charge in [-0.2, -0.15) is 0 Å². The number of aromatic nitrogens is 1. The lowest BCUT2D eigenvalue weighted by Crippen LogP contribution is -2.42. The molecule has 1 aliphatic carbocycles. The van der Waals surface area contributed by atoms with Crippen LogP contribution >= 0.6 is 0 Å². The molecule has 0 bridgehead atoms. The summed E-state index contributed by atoms with van der Waals surface area (Å²) in [6, 6.07) is -0.0119. The summed E-state index contributed by atoms with van der Waals surface area (Å²) in [4.78, 5) is 28.1. The van der Waals surface area contributed by atoms with E-state index in [1.54, 1.807) is 6.92 Å². The van der Waals surface area contributed by atoms with Crippen molar-refractivity contribution in [1.82, 2.24) is 10.3 Å². The van der Waals surface area contributed by atoms with Crippen molar-refractivity contribution in [3.63, 3.8) is 0 Å². The highest BCUT2D eigenvalue weighted by Gasteiger charge is 2.29. The number of rotatable bonds is 7. The average Bonchev–Trinajstić information content (AvgIpc) is 2.93. The van der Waals surface area contributed by atoms with Crippen molar-refractivity contribution in [3.8, 4) is 0 Å². The van der Waals surface area contributed by atoms with Gasteiger partial charge in [-0.1, -0.05) is 33.1 Å². The first-order valence-electron chi connectivity index (χ1n) is 9.51. The molecule has 5 nitrogen and oxygen atoms in total. The number of amides is 1. The lowest BCUT2D eigenvalue weighted by Gasteiger charge is -2.30. The van der Waals surface area contributed by atoms with Gasteiger partial charge >= 0.3 is 0 Å². The maximum absolute atomic E-state index is 13.0. The fourth-order valence-electron chi connectivity index (χ4n) is 4.20. The van der Waals surface area contributed by atoms with Gasteiger partial charge in [0.15, 0.2) is 5.78 Å². The SMILES string of the molecule is CC(=O)c1c(C)[nH]c(C(=O)NC(CCO)C2CCCCC2)c1C(C)C. The third kappa shape index (κ3) is 4.51. The number of nitrogens with one attached hydrogen (secondary N) is 2. The Morgan fingerprint density at radius 3 is 2.40 bits per heavy atom. The first kappa shape index (κ1) is 19.7. The van der Waals surface area contributed by atoms with E-state index < -0.39 is 0 Å². The second-order valence-corrected chi connectivity index (χ2v) is 7.61. The number of aliphatic hydroxyl groups is 1. The van der Waals surface area contributed by atoms with Crippen LogP contribution in [-0.2, 0) is 0 Å². The quantitative estimate of drug-likeness (QED) is 0.657. The van der Waals surface area contributed by atoms with Gasteiger partial charge < -0.3 is 15.4 Å². The second-order valence-electron chi connectivity index (χ2n) is 7.61. The van der Waals surface area contributed by atoms with Crippen LogP contribution in [0.25, 0.3) is 0 Å². The van der Waals surface area contributed by atoms with Gasteiger partial charge in [-0.25, -0.2) is 0 Å². The molecule has 1 amide bonds. The highest BCUT2D eigenvalue weighted by atomic mass is 16.3. The van der Waals surface area contributed by atoms with E-state index in [2.05, 4.69) is 10.3 Å². The van der Waals surface area contributed by atoms with Crippen LogP contribution in [0.15, 0.2) is 0 Å². The Morgan fingerprint density at radius 2 is 1.88 bits per heavy atom. The molecule has 1 aromatic rings. The van der Waals surface area contributed by atoms with Gasteiger partial charge in [0.05, 0.1) is 0 Å². The maximum Gasteiger partial charge on any atom is 0.268 e. The molecule has 0 radical (unpaired) electrons. The van der Waals surface area contributed by atoms with Gasteiger partial charge in [-0.15, -0.1) is 0 Å². The molecular formula is C20H32N2O3. The van der Waals surface area contributed by atoms with Gasteiger partial charge in [-0.05, 0) is 50.5 Å². The summed E-state index contributed by atoms with van der Waals surface area (Å²) in [5.74, 6) is 0.324. The van der Waals surface area contributed by atoms with Crippen molar-refractivity contribution >= 4 is 11.7 Å². The van der Waals surface area contributed by atoms with Crippen molar-refractivity contribution in [1.29, 1.82) is 0 Å². The second kappa shape index (κ2) is 8.65. The number of ketones is 1. The summed E-state index contributed by atoms with van der Waals surface area (Å²) < 4.78 is 0. The van der Waals surface area contributed by atoms with Crippen LogP contribution in [0.2, 0.25) is 0 Å². The van der Waals surface area contributed by atoms with E-state index in [-0.39, 0.29) is 30.3 Å². The molecule has 0 spiro atoms. The zero-order chi connectivity index (χ0) is 18.6. The minimum absolute atomic E-state index is 0.0119. The van der Waals surface area contributed by atoms with Crippen LogP contribution in [0.5, 0.6) is 0 Å². The molecule has 5 heteroatoms. The number of aromatic amines is 1. The Morgan fingerprint density at radius 1 is 1.24 bits per heavy atom. The maximum atomic E-state index is 13.0. The smallest absolute Gasteiger partial charge is 0.268 e. The van der Waals surface area contributed by atoms with E-state index in [0.717, 1.165) is 24.1 Å². The largest absolute Gasteiger partial charge is 0.396 e. The third-order valence-electron chi connectivity index (χ3n) is 5.36. The van der Waals surface area contributed by atoms with Gasteiger partial charge in [0.25, 0.3) is 5.91 Å². The Bertz CT molecular complexity index is 613. The third-order valence-corrected chi connectivity index (χ3v) is 5.36. The van der Waals surface area contributed by atoms with Crippen molar-refractivity contribution < 1.29 is 14.7 Å². The fourth-order valence-corrected chi connectivity index (χ4v) is 4.20. The molecule has 1 fully saturated rings. The zero-order valence-electron chi connectivity index (χ0n) is 15.9. The van der Waals surface area contributed by atoms with Crippen LogP contribution in [0.4, 0.5) is 0 Å². The molecular weight excluding hydrogens is 316 g/mol. The molecule has 1 heterocycles. The van der Waals surface area contributed by atoms with Crippen LogP contribution in [0.3, 0.4) is 0 Å². The van der Waals surface area contributed by atoms with Crippen molar-refractivity contribution in [2.75, 3.05) is 6.61 Å². The van der Waals surface area contributed by atoms with Gasteiger partial charge in [-0.3, -0.25) is 9.59 Å². The van der Waals surface area contributed by atoms with E-state index in [9.17, 15) is 14.7 Å². The first-order chi connectivity index (χ1) is 11.9. The minimum Gasteiger partial charge on any atom is -0.396 e. The van der Waals surface area contributed by atoms with Crippen LogP contribution in [-0.4, -0.2) is 34.4 Å². The van der Waals surface area contributed by atoms with E-state index in [0.29, 0.717) is 23.6 Å². The van der Waals surface area contributed by atoms with Crippen LogP contribution in [0, 0.1) is 12.8 Å². The Hall–Kier alpha value is -1.62. The lowest BCUT2D eigenvalue weighted by atomic mass is 9.82. The van der Waals surface area contributed by atoms with Crippen LogP contribution < -0.4 is 5.32 Å². The molecule has 0 aliphatic heterocycles. The molecule has 1 aliphatic rings. The molecule has 25 heavy (non-hydrogen) atoms. The summed E-state index contributed by atoms with van der Waals surface area (Å²) in [6.45, 7) is 7.45. The minimum atomic E-state index is -0.164. The number of hydrogen-bond donors (Lipinski definition) is 3. The molecule has 1 atom stereocenters. The molecule has 3 N–H and O–H groups in total. The predicted molar refractivity (Wildman–Crippen MR) is 99.2 cm³/mol. The number of aliphatic hydroxyl groups excluding tert-OH is 1. The molecule has 140 valence electrons. The molecule has 1 unspecified atom stereocenters. The monoisotopic (exact) mass is 348 g/mol. The number of aryl methyl sites for hydroxylation is 1. The van der Waals surface area contributed by atoms with Gasteiger partial charge in [0.1, 0.15) is 5.69 Å². The topological polar surface area (TPSA) is 82.2 Å². The number of Topliss-reactive ketones (excluding diaryl/α,β-unsaturated/α-hetero) is 1. The summed E-state index contributed by atoms with van der Waals surface area (Å²) in [5, 5.41) is 12.5. The van der Waals surface area contributed by atoms with E-state index >= 15 is 0 Å². The average molecular weight is 348 g/mol.